The normalized spacial score (nSPS) is 20.2. The molecule has 0 radical (unpaired) electrons. The monoisotopic (exact) mass is 417 g/mol. The second-order valence-corrected chi connectivity index (χ2v) is 9.28. The summed E-state index contributed by atoms with van der Waals surface area (Å²) < 4.78 is 5.59. The number of hydrogen-bond donors (Lipinski definition) is 0. The Hall–Kier alpha value is -1.89. The summed E-state index contributed by atoms with van der Waals surface area (Å²) >= 11 is 12.4. The minimum atomic E-state index is -0.342. The van der Waals surface area contributed by atoms with E-state index in [0.717, 1.165) is 16.8 Å². The van der Waals surface area contributed by atoms with Gasteiger partial charge in [-0.15, -0.1) is 0 Å². The highest BCUT2D eigenvalue weighted by molar-refractivity contribution is 6.35. The second-order valence-electron chi connectivity index (χ2n) is 8.43. The summed E-state index contributed by atoms with van der Waals surface area (Å²) in [6.07, 6.45) is 2.21. The van der Waals surface area contributed by atoms with Gasteiger partial charge >= 0.3 is 5.97 Å². The first-order valence-electron chi connectivity index (χ1n) is 9.44. The van der Waals surface area contributed by atoms with Crippen molar-refractivity contribution in [2.75, 3.05) is 6.54 Å². The van der Waals surface area contributed by atoms with Crippen molar-refractivity contribution in [3.63, 3.8) is 0 Å². The summed E-state index contributed by atoms with van der Waals surface area (Å²) in [7, 11) is 0. The Bertz CT molecular complexity index is 928. The maximum absolute atomic E-state index is 12.4. The van der Waals surface area contributed by atoms with Crippen LogP contribution in [-0.2, 0) is 9.53 Å². The molecule has 1 aromatic rings. The highest BCUT2D eigenvalue weighted by Gasteiger charge is 2.35. The van der Waals surface area contributed by atoms with Crippen molar-refractivity contribution in [2.45, 2.75) is 53.2 Å². The van der Waals surface area contributed by atoms with Gasteiger partial charge in [0.1, 0.15) is 0 Å². The number of ether oxygens (including phenoxy) is 1. The number of nitrogens with zero attached hydrogens (tertiary/aromatic N) is 1. The number of esters is 1. The molecule has 3 nitrogen and oxygen atoms in total. The molecular formula is C23H25Cl2NO2. The molecule has 0 saturated heterocycles. The number of cyclic esters (lactones) is 1. The van der Waals surface area contributed by atoms with Crippen LogP contribution in [0, 0.1) is 17.3 Å². The molecule has 3 rings (SSSR count). The molecule has 0 saturated carbocycles. The lowest BCUT2D eigenvalue weighted by molar-refractivity contribution is -0.154. The average molecular weight is 418 g/mol. The lowest BCUT2D eigenvalue weighted by Gasteiger charge is -2.37. The van der Waals surface area contributed by atoms with Gasteiger partial charge < -0.3 is 9.64 Å². The number of hydrogen-bond acceptors (Lipinski definition) is 3. The Morgan fingerprint density at radius 3 is 2.68 bits per heavy atom. The van der Waals surface area contributed by atoms with E-state index in [1.165, 1.54) is 0 Å². The van der Waals surface area contributed by atoms with E-state index in [-0.39, 0.29) is 23.5 Å². The van der Waals surface area contributed by atoms with Gasteiger partial charge in [0.05, 0.1) is 11.3 Å². The number of carbonyl (C=O) groups excluding carboxylic acids is 1. The predicted octanol–water partition coefficient (Wildman–Crippen LogP) is 5.94. The van der Waals surface area contributed by atoms with Crippen LogP contribution in [0.25, 0.3) is 0 Å². The quantitative estimate of drug-likeness (QED) is 0.450. The van der Waals surface area contributed by atoms with Crippen LogP contribution in [0.4, 0.5) is 0 Å². The van der Waals surface area contributed by atoms with Crippen LogP contribution < -0.4 is 0 Å². The van der Waals surface area contributed by atoms with Gasteiger partial charge in [-0.2, -0.15) is 0 Å². The van der Waals surface area contributed by atoms with Crippen LogP contribution >= 0.6 is 23.2 Å². The Morgan fingerprint density at radius 1 is 1.32 bits per heavy atom. The first-order valence-corrected chi connectivity index (χ1v) is 10.2. The van der Waals surface area contributed by atoms with Gasteiger partial charge in [-0.1, -0.05) is 48.0 Å². The fraction of sp³-hybridized carbons (Fsp3) is 0.435. The van der Waals surface area contributed by atoms with Gasteiger partial charge in [-0.25, -0.2) is 4.79 Å². The minimum Gasteiger partial charge on any atom is -0.438 e. The molecule has 2 unspecified atom stereocenters. The number of allylic oxidation sites excluding steroid dienone is 2. The Balaban J connectivity index is 1.87. The van der Waals surface area contributed by atoms with Crippen LogP contribution in [-0.4, -0.2) is 23.6 Å². The fourth-order valence-electron chi connectivity index (χ4n) is 3.39. The topological polar surface area (TPSA) is 29.5 Å². The molecule has 0 fully saturated rings. The highest BCUT2D eigenvalue weighted by Crippen LogP contribution is 2.36. The smallest absolute Gasteiger partial charge is 0.338 e. The van der Waals surface area contributed by atoms with E-state index in [1.807, 2.05) is 25.1 Å². The largest absolute Gasteiger partial charge is 0.438 e. The first kappa shape index (κ1) is 20.8. The van der Waals surface area contributed by atoms with Gasteiger partial charge in [0.15, 0.2) is 6.23 Å². The average Bonchev–Trinajstić information content (AvgIpc) is 3.01. The molecule has 0 aromatic heterocycles. The van der Waals surface area contributed by atoms with Gasteiger partial charge in [0, 0.05) is 39.9 Å². The molecular weight excluding hydrogens is 393 g/mol. The van der Waals surface area contributed by atoms with Crippen molar-refractivity contribution in [2.24, 2.45) is 5.41 Å². The summed E-state index contributed by atoms with van der Waals surface area (Å²) in [5, 5.41) is 1.27. The van der Waals surface area contributed by atoms with Crippen LogP contribution in [0.3, 0.4) is 0 Å². The SMILES string of the molecule is CC(CN1C2=C(CC(C#CC(C)(C)C)=C2)C(=O)OC1C)c1ccc(Cl)cc1Cl. The van der Waals surface area contributed by atoms with E-state index in [0.29, 0.717) is 28.6 Å². The van der Waals surface area contributed by atoms with Gasteiger partial charge in [0.25, 0.3) is 0 Å². The number of benzene rings is 1. The Labute approximate surface area is 177 Å². The van der Waals surface area contributed by atoms with Crippen LogP contribution in [0.1, 0.15) is 52.5 Å². The number of halogens is 2. The molecule has 1 aliphatic heterocycles. The van der Waals surface area contributed by atoms with E-state index >= 15 is 0 Å². The van der Waals surface area contributed by atoms with Gasteiger partial charge in [-0.05, 0) is 51.5 Å². The van der Waals surface area contributed by atoms with Crippen molar-refractivity contribution in [3.8, 4) is 11.8 Å². The summed E-state index contributed by atoms with van der Waals surface area (Å²) in [5.41, 5.74) is 3.49. The maximum atomic E-state index is 12.4. The van der Waals surface area contributed by atoms with Crippen LogP contribution in [0.2, 0.25) is 10.0 Å². The van der Waals surface area contributed by atoms with Crippen molar-refractivity contribution in [3.05, 3.63) is 56.7 Å². The second kappa shape index (κ2) is 7.85. The van der Waals surface area contributed by atoms with Crippen molar-refractivity contribution in [1.29, 1.82) is 0 Å². The van der Waals surface area contributed by atoms with Crippen molar-refractivity contribution in [1.82, 2.24) is 4.90 Å². The molecule has 1 aliphatic carbocycles. The molecule has 0 bridgehead atoms. The number of carbonyl (C=O) groups is 1. The zero-order valence-electron chi connectivity index (χ0n) is 16.9. The Kier molecular flexibility index (Phi) is 5.84. The summed E-state index contributed by atoms with van der Waals surface area (Å²) in [6.45, 7) is 10.9. The number of rotatable bonds is 3. The zero-order valence-corrected chi connectivity index (χ0v) is 18.4. The third-order valence-electron chi connectivity index (χ3n) is 4.82. The maximum Gasteiger partial charge on any atom is 0.338 e. The van der Waals surface area contributed by atoms with Crippen molar-refractivity contribution < 1.29 is 9.53 Å². The standard InChI is InChI=1S/C23H25Cl2NO2/c1-14(18-7-6-17(24)12-20(18)25)13-26-15(2)28-22(27)19-10-16(11-21(19)26)8-9-23(3,4)5/h6-7,11-12,14-15H,10,13H2,1-5H3. The van der Waals surface area contributed by atoms with Crippen LogP contribution in [0.5, 0.6) is 0 Å². The molecule has 0 N–H and O–H groups in total. The van der Waals surface area contributed by atoms with E-state index in [4.69, 9.17) is 27.9 Å². The summed E-state index contributed by atoms with van der Waals surface area (Å²) in [5.74, 6) is 6.37. The lowest BCUT2D eigenvalue weighted by Crippen LogP contribution is -2.42. The lowest BCUT2D eigenvalue weighted by atomic mass is 9.97. The van der Waals surface area contributed by atoms with Crippen molar-refractivity contribution >= 4 is 29.2 Å². The van der Waals surface area contributed by atoms with E-state index in [2.05, 4.69) is 44.4 Å². The predicted molar refractivity (Wildman–Crippen MR) is 114 cm³/mol. The first-order chi connectivity index (χ1) is 13.0. The molecule has 28 heavy (non-hydrogen) atoms. The third kappa shape index (κ3) is 4.57. The molecule has 2 aliphatic rings. The molecule has 0 spiro atoms. The van der Waals surface area contributed by atoms with Gasteiger partial charge in [0.2, 0.25) is 0 Å². The van der Waals surface area contributed by atoms with E-state index in [9.17, 15) is 4.79 Å². The molecule has 1 aromatic carbocycles. The minimum absolute atomic E-state index is 0.0860. The summed E-state index contributed by atoms with van der Waals surface area (Å²) in [6, 6.07) is 5.56. The molecule has 148 valence electrons. The molecule has 0 amide bonds. The van der Waals surface area contributed by atoms with Gasteiger partial charge in [-0.3, -0.25) is 0 Å². The fourth-order valence-corrected chi connectivity index (χ4v) is 3.99. The molecule has 5 heteroatoms. The Morgan fingerprint density at radius 2 is 2.04 bits per heavy atom. The van der Waals surface area contributed by atoms with E-state index < -0.39 is 0 Å². The third-order valence-corrected chi connectivity index (χ3v) is 5.38. The zero-order chi connectivity index (χ0) is 20.6. The summed E-state index contributed by atoms with van der Waals surface area (Å²) in [4.78, 5) is 14.5. The van der Waals surface area contributed by atoms with Crippen LogP contribution in [0.15, 0.2) is 41.1 Å². The molecule has 2 atom stereocenters. The molecule has 1 heterocycles. The highest BCUT2D eigenvalue weighted by atomic mass is 35.5. The van der Waals surface area contributed by atoms with E-state index in [1.54, 1.807) is 6.07 Å².